The van der Waals surface area contributed by atoms with E-state index in [0.717, 1.165) is 28.5 Å². The van der Waals surface area contributed by atoms with Gasteiger partial charge in [0.05, 0.1) is 7.11 Å². The van der Waals surface area contributed by atoms with Crippen LogP contribution in [0.2, 0.25) is 0 Å². The molecule has 0 fully saturated rings. The molecular formula is C18H22O3. The maximum absolute atomic E-state index is 12.3. The van der Waals surface area contributed by atoms with E-state index in [1.807, 2.05) is 37.3 Å². The van der Waals surface area contributed by atoms with Gasteiger partial charge in [-0.3, -0.25) is 4.79 Å². The Kier molecular flexibility index (Phi) is 5.34. The number of carbonyl (C=O) groups excluding carboxylic acids is 1. The average molecular weight is 286 g/mol. The molecule has 0 N–H and O–H groups in total. The van der Waals surface area contributed by atoms with Gasteiger partial charge in [0.1, 0.15) is 11.5 Å². The van der Waals surface area contributed by atoms with E-state index in [-0.39, 0.29) is 11.7 Å². The van der Waals surface area contributed by atoms with Crippen LogP contribution in [0.15, 0.2) is 36.4 Å². The topological polar surface area (TPSA) is 35.5 Å². The monoisotopic (exact) mass is 286 g/mol. The van der Waals surface area contributed by atoms with Crippen LogP contribution >= 0.6 is 0 Å². The first-order chi connectivity index (χ1) is 10.2. The zero-order chi connectivity index (χ0) is 15.2. The Morgan fingerprint density at radius 3 is 2.71 bits per heavy atom. The summed E-state index contributed by atoms with van der Waals surface area (Å²) in [7, 11) is 3.32. The summed E-state index contributed by atoms with van der Waals surface area (Å²) in [6.45, 7) is 2.59. The van der Waals surface area contributed by atoms with Crippen LogP contribution in [-0.4, -0.2) is 26.6 Å². The lowest BCUT2D eigenvalue weighted by atomic mass is 9.94. The van der Waals surface area contributed by atoms with E-state index < -0.39 is 0 Å². The molecular weight excluding hydrogens is 264 g/mol. The number of hydrogen-bond acceptors (Lipinski definition) is 3. The second-order valence-electron chi connectivity index (χ2n) is 5.33. The largest absolute Gasteiger partial charge is 0.497 e. The van der Waals surface area contributed by atoms with Gasteiger partial charge in [-0.15, -0.1) is 0 Å². The van der Waals surface area contributed by atoms with Crippen LogP contribution < -0.4 is 4.74 Å². The van der Waals surface area contributed by atoms with Crippen molar-refractivity contribution in [3.63, 3.8) is 0 Å². The molecule has 3 nitrogen and oxygen atoms in total. The van der Waals surface area contributed by atoms with Crippen LogP contribution in [0.4, 0.5) is 0 Å². The number of ether oxygens (including phenoxy) is 2. The molecule has 3 heteroatoms. The van der Waals surface area contributed by atoms with Crippen molar-refractivity contribution in [1.29, 1.82) is 0 Å². The van der Waals surface area contributed by atoms with E-state index in [0.29, 0.717) is 13.0 Å². The molecule has 0 aliphatic heterocycles. The van der Waals surface area contributed by atoms with Gasteiger partial charge in [-0.2, -0.15) is 0 Å². The number of methoxy groups -OCH3 is 2. The third-order valence-corrected chi connectivity index (χ3v) is 3.85. The summed E-state index contributed by atoms with van der Waals surface area (Å²) in [5.74, 6) is 1.09. The molecule has 0 radical (unpaired) electrons. The Bertz CT molecular complexity index is 619. The number of hydrogen-bond donors (Lipinski definition) is 0. The number of fused-ring (bicyclic) bond motifs is 1. The van der Waals surface area contributed by atoms with E-state index in [4.69, 9.17) is 9.47 Å². The Balaban J connectivity index is 2.23. The summed E-state index contributed by atoms with van der Waals surface area (Å²) >= 11 is 0. The molecule has 2 aromatic carbocycles. The van der Waals surface area contributed by atoms with Crippen molar-refractivity contribution in [3.05, 3.63) is 42.0 Å². The third-order valence-electron chi connectivity index (χ3n) is 3.85. The van der Waals surface area contributed by atoms with E-state index in [9.17, 15) is 4.79 Å². The minimum absolute atomic E-state index is 0.0193. The highest BCUT2D eigenvalue weighted by Gasteiger charge is 2.14. The Morgan fingerprint density at radius 1 is 1.19 bits per heavy atom. The second kappa shape index (κ2) is 7.23. The minimum atomic E-state index is 0.0193. The van der Waals surface area contributed by atoms with E-state index in [1.165, 1.54) is 0 Å². The smallest absolute Gasteiger partial charge is 0.140 e. The number of rotatable bonds is 7. The predicted octanol–water partition coefficient (Wildman–Crippen LogP) is 3.63. The Labute approximate surface area is 125 Å². The highest BCUT2D eigenvalue weighted by atomic mass is 16.5. The van der Waals surface area contributed by atoms with Gasteiger partial charge in [-0.1, -0.05) is 31.2 Å². The molecule has 0 aromatic heterocycles. The first-order valence-electron chi connectivity index (χ1n) is 7.23. The van der Waals surface area contributed by atoms with Crippen LogP contribution in [-0.2, 0) is 16.0 Å². The van der Waals surface area contributed by atoms with Crippen molar-refractivity contribution in [2.45, 2.75) is 19.8 Å². The average Bonchev–Trinajstić information content (AvgIpc) is 2.52. The van der Waals surface area contributed by atoms with Gasteiger partial charge in [0.15, 0.2) is 0 Å². The minimum Gasteiger partial charge on any atom is -0.497 e. The van der Waals surface area contributed by atoms with Crippen LogP contribution in [0.3, 0.4) is 0 Å². The second-order valence-corrected chi connectivity index (χ2v) is 5.33. The number of benzene rings is 2. The van der Waals surface area contributed by atoms with E-state index in [2.05, 4.69) is 6.07 Å². The lowest BCUT2D eigenvalue weighted by Crippen LogP contribution is -2.15. The van der Waals surface area contributed by atoms with Gasteiger partial charge in [0.2, 0.25) is 0 Å². The van der Waals surface area contributed by atoms with Crippen LogP contribution in [0, 0.1) is 5.92 Å². The van der Waals surface area contributed by atoms with Crippen molar-refractivity contribution in [2.75, 3.05) is 20.8 Å². The standard InChI is InChI=1S/C18H22O3/c1-13(9-10-20-2)18(19)11-15-6-4-5-14-7-8-16(21-3)12-17(14)15/h4-8,12-13H,9-11H2,1-3H3. The van der Waals surface area contributed by atoms with Crippen molar-refractivity contribution in [2.24, 2.45) is 5.92 Å². The summed E-state index contributed by atoms with van der Waals surface area (Å²) in [6.07, 6.45) is 1.22. The summed E-state index contributed by atoms with van der Waals surface area (Å²) < 4.78 is 10.3. The first kappa shape index (κ1) is 15.5. The highest BCUT2D eigenvalue weighted by Crippen LogP contribution is 2.25. The molecule has 0 amide bonds. The Morgan fingerprint density at radius 2 is 2.00 bits per heavy atom. The number of carbonyl (C=O) groups is 1. The van der Waals surface area contributed by atoms with E-state index in [1.54, 1.807) is 14.2 Å². The molecule has 0 aliphatic carbocycles. The Hall–Kier alpha value is -1.87. The van der Waals surface area contributed by atoms with Crippen molar-refractivity contribution in [1.82, 2.24) is 0 Å². The fraction of sp³-hybridized carbons (Fsp3) is 0.389. The molecule has 21 heavy (non-hydrogen) atoms. The normalized spacial score (nSPS) is 12.3. The van der Waals surface area contributed by atoms with Gasteiger partial charge in [0.25, 0.3) is 0 Å². The quantitative estimate of drug-likeness (QED) is 0.779. The molecule has 2 rings (SSSR count). The maximum atomic E-state index is 12.3. The van der Waals surface area contributed by atoms with E-state index >= 15 is 0 Å². The third kappa shape index (κ3) is 3.82. The molecule has 112 valence electrons. The van der Waals surface area contributed by atoms with Gasteiger partial charge < -0.3 is 9.47 Å². The molecule has 0 heterocycles. The fourth-order valence-electron chi connectivity index (χ4n) is 2.42. The zero-order valence-corrected chi connectivity index (χ0v) is 12.9. The summed E-state index contributed by atoms with van der Waals surface area (Å²) in [4.78, 5) is 12.3. The van der Waals surface area contributed by atoms with Gasteiger partial charge in [-0.25, -0.2) is 0 Å². The van der Waals surface area contributed by atoms with Gasteiger partial charge >= 0.3 is 0 Å². The molecule has 2 aromatic rings. The fourth-order valence-corrected chi connectivity index (χ4v) is 2.42. The molecule has 0 bridgehead atoms. The maximum Gasteiger partial charge on any atom is 0.140 e. The molecule has 0 aliphatic rings. The van der Waals surface area contributed by atoms with Crippen molar-refractivity contribution >= 4 is 16.6 Å². The zero-order valence-electron chi connectivity index (χ0n) is 12.9. The number of Topliss-reactive ketones (excluding diaryl/α,β-unsaturated/α-hetero) is 1. The molecule has 0 saturated heterocycles. The predicted molar refractivity (Wildman–Crippen MR) is 84.9 cm³/mol. The molecule has 0 spiro atoms. The van der Waals surface area contributed by atoms with Crippen LogP contribution in [0.25, 0.3) is 10.8 Å². The summed E-state index contributed by atoms with van der Waals surface area (Å²) in [6, 6.07) is 12.0. The van der Waals surface area contributed by atoms with Crippen molar-refractivity contribution in [3.8, 4) is 5.75 Å². The highest BCUT2D eigenvalue weighted by molar-refractivity contribution is 5.92. The number of ketones is 1. The van der Waals surface area contributed by atoms with Crippen LogP contribution in [0.5, 0.6) is 5.75 Å². The summed E-state index contributed by atoms with van der Waals surface area (Å²) in [5, 5.41) is 2.22. The molecule has 0 saturated carbocycles. The van der Waals surface area contributed by atoms with Crippen LogP contribution in [0.1, 0.15) is 18.9 Å². The lowest BCUT2D eigenvalue weighted by molar-refractivity contribution is -0.122. The molecule has 1 atom stereocenters. The SMILES string of the molecule is COCCC(C)C(=O)Cc1cccc2ccc(OC)cc12. The first-order valence-corrected chi connectivity index (χ1v) is 7.23. The van der Waals surface area contributed by atoms with Gasteiger partial charge in [-0.05, 0) is 34.9 Å². The van der Waals surface area contributed by atoms with Crippen molar-refractivity contribution < 1.29 is 14.3 Å². The molecule has 1 unspecified atom stereocenters. The lowest BCUT2D eigenvalue weighted by Gasteiger charge is -2.12. The van der Waals surface area contributed by atoms with Gasteiger partial charge in [0, 0.05) is 26.1 Å². The summed E-state index contributed by atoms with van der Waals surface area (Å²) in [5.41, 5.74) is 1.06.